The van der Waals surface area contributed by atoms with Crippen LogP contribution in [0.15, 0.2) is 53.4 Å². The van der Waals surface area contributed by atoms with E-state index < -0.39 is 22.0 Å². The smallest absolute Gasteiger partial charge is 0.242 e. The molecule has 1 unspecified atom stereocenters. The number of rotatable bonds is 8. The molecule has 28 heavy (non-hydrogen) atoms. The van der Waals surface area contributed by atoms with Crippen LogP contribution in [0.5, 0.6) is 5.75 Å². The van der Waals surface area contributed by atoms with Gasteiger partial charge in [0.05, 0.1) is 17.5 Å². The quantitative estimate of drug-likeness (QED) is 0.624. The predicted molar refractivity (Wildman–Crippen MR) is 107 cm³/mol. The Balaban J connectivity index is 2.00. The Hall–Kier alpha value is -2.91. The van der Waals surface area contributed by atoms with Gasteiger partial charge in [-0.15, -0.1) is 0 Å². The molecule has 0 fully saturated rings. The van der Waals surface area contributed by atoms with Crippen molar-refractivity contribution in [2.45, 2.75) is 31.7 Å². The van der Waals surface area contributed by atoms with Crippen LogP contribution in [0.3, 0.4) is 0 Å². The lowest BCUT2D eigenvalue weighted by Crippen LogP contribution is -2.41. The van der Waals surface area contributed by atoms with E-state index in [0.29, 0.717) is 23.7 Å². The molecule has 0 heterocycles. The highest BCUT2D eigenvalue weighted by atomic mass is 32.2. The fourth-order valence-electron chi connectivity index (χ4n) is 2.33. The number of sulfonamides is 1. The third kappa shape index (κ3) is 6.07. The van der Waals surface area contributed by atoms with Crippen molar-refractivity contribution < 1.29 is 22.7 Å². The summed E-state index contributed by atoms with van der Waals surface area (Å²) in [5, 5.41) is 5.20. The van der Waals surface area contributed by atoms with E-state index >= 15 is 0 Å². The molecule has 2 rings (SSSR count). The number of ether oxygens (including phenoxy) is 1. The van der Waals surface area contributed by atoms with Gasteiger partial charge in [-0.3, -0.25) is 9.59 Å². The number of hydrogen-bond acceptors (Lipinski definition) is 5. The fraction of sp³-hybridized carbons (Fsp3) is 0.263. The first-order chi connectivity index (χ1) is 13.2. The van der Waals surface area contributed by atoms with Crippen molar-refractivity contribution in [2.75, 3.05) is 17.2 Å². The lowest BCUT2D eigenvalue weighted by atomic mass is 10.2. The first-order valence-corrected chi connectivity index (χ1v) is 10.1. The Bertz CT molecular complexity index is 925. The van der Waals surface area contributed by atoms with Crippen LogP contribution in [0.25, 0.3) is 0 Å². The number of carbonyl (C=O) groups is 2. The highest BCUT2D eigenvalue weighted by Gasteiger charge is 2.22. The molecule has 0 aliphatic carbocycles. The van der Waals surface area contributed by atoms with Crippen LogP contribution in [0.4, 0.5) is 11.4 Å². The molecule has 0 radical (unpaired) electrons. The van der Waals surface area contributed by atoms with Gasteiger partial charge >= 0.3 is 0 Å². The largest absolute Gasteiger partial charge is 0.494 e. The molecule has 3 N–H and O–H groups in total. The van der Waals surface area contributed by atoms with E-state index in [2.05, 4.69) is 15.4 Å². The number of benzene rings is 2. The number of nitrogens with one attached hydrogen (secondary N) is 3. The molecule has 0 spiro atoms. The van der Waals surface area contributed by atoms with Crippen LogP contribution in [0.1, 0.15) is 20.8 Å². The number of carbonyl (C=O) groups excluding carboxylic acids is 2. The maximum Gasteiger partial charge on any atom is 0.242 e. The Morgan fingerprint density at radius 2 is 1.50 bits per heavy atom. The van der Waals surface area contributed by atoms with Crippen molar-refractivity contribution in [1.29, 1.82) is 0 Å². The monoisotopic (exact) mass is 405 g/mol. The highest BCUT2D eigenvalue weighted by molar-refractivity contribution is 7.89. The van der Waals surface area contributed by atoms with Crippen molar-refractivity contribution in [3.63, 3.8) is 0 Å². The first kappa shape index (κ1) is 21.4. The van der Waals surface area contributed by atoms with E-state index in [1.54, 1.807) is 24.3 Å². The molecule has 0 aromatic heterocycles. The van der Waals surface area contributed by atoms with Crippen molar-refractivity contribution >= 4 is 33.2 Å². The lowest BCUT2D eigenvalue weighted by molar-refractivity contribution is -0.117. The summed E-state index contributed by atoms with van der Waals surface area (Å²) in [6.45, 7) is 5.22. The van der Waals surface area contributed by atoms with E-state index in [1.807, 2.05) is 6.92 Å². The second kappa shape index (κ2) is 9.34. The standard InChI is InChI=1S/C19H23N3O5S/c1-4-27-17-9-5-16(6-10-17)21-19(24)13(2)22-28(25,26)18-11-7-15(8-12-18)20-14(3)23/h5-13,22H,4H2,1-3H3,(H,20,23)(H,21,24). The van der Waals surface area contributed by atoms with E-state index in [4.69, 9.17) is 4.74 Å². The Kier molecular flexibility index (Phi) is 7.13. The van der Waals surface area contributed by atoms with Crippen molar-refractivity contribution in [3.8, 4) is 5.75 Å². The summed E-state index contributed by atoms with van der Waals surface area (Å²) in [6.07, 6.45) is 0. The first-order valence-electron chi connectivity index (χ1n) is 8.65. The summed E-state index contributed by atoms with van der Waals surface area (Å²) < 4.78 is 32.6. The minimum absolute atomic E-state index is 0.0117. The third-order valence-corrected chi connectivity index (χ3v) is 5.20. The van der Waals surface area contributed by atoms with E-state index in [9.17, 15) is 18.0 Å². The van der Waals surface area contributed by atoms with E-state index in [-0.39, 0.29) is 10.8 Å². The van der Waals surface area contributed by atoms with Crippen molar-refractivity contribution in [2.24, 2.45) is 0 Å². The fourth-order valence-corrected chi connectivity index (χ4v) is 3.53. The molecule has 2 aromatic rings. The number of amides is 2. The molecule has 0 bridgehead atoms. The van der Waals surface area contributed by atoms with Crippen molar-refractivity contribution in [3.05, 3.63) is 48.5 Å². The second-order valence-electron chi connectivity index (χ2n) is 6.00. The third-order valence-electron chi connectivity index (χ3n) is 3.64. The zero-order valence-corrected chi connectivity index (χ0v) is 16.7. The molecular formula is C19H23N3O5S. The lowest BCUT2D eigenvalue weighted by Gasteiger charge is -2.15. The molecular weight excluding hydrogens is 382 g/mol. The van der Waals surface area contributed by atoms with Crippen LogP contribution in [0.2, 0.25) is 0 Å². The van der Waals surface area contributed by atoms with Gasteiger partial charge in [0.2, 0.25) is 21.8 Å². The molecule has 1 atom stereocenters. The van der Waals surface area contributed by atoms with Gasteiger partial charge in [-0.1, -0.05) is 0 Å². The summed E-state index contributed by atoms with van der Waals surface area (Å²) in [5.74, 6) is -0.0760. The predicted octanol–water partition coefficient (Wildman–Crippen LogP) is 2.35. The molecule has 0 saturated heterocycles. The molecule has 2 amide bonds. The van der Waals surface area contributed by atoms with Gasteiger partial charge in [0.15, 0.2) is 0 Å². The Morgan fingerprint density at radius 1 is 0.964 bits per heavy atom. The summed E-state index contributed by atoms with van der Waals surface area (Å²) >= 11 is 0. The van der Waals surface area contributed by atoms with E-state index in [1.165, 1.54) is 38.1 Å². The molecule has 150 valence electrons. The average molecular weight is 405 g/mol. The van der Waals surface area contributed by atoms with Crippen LogP contribution in [0, 0.1) is 0 Å². The second-order valence-corrected chi connectivity index (χ2v) is 7.71. The van der Waals surface area contributed by atoms with Crippen LogP contribution in [-0.4, -0.2) is 32.9 Å². The van der Waals surface area contributed by atoms with Gasteiger partial charge in [-0.25, -0.2) is 8.42 Å². The van der Waals surface area contributed by atoms with E-state index in [0.717, 1.165) is 0 Å². The van der Waals surface area contributed by atoms with Crippen LogP contribution in [-0.2, 0) is 19.6 Å². The van der Waals surface area contributed by atoms with Gasteiger partial charge in [-0.2, -0.15) is 4.72 Å². The van der Waals surface area contributed by atoms with Crippen LogP contribution < -0.4 is 20.1 Å². The summed E-state index contributed by atoms with van der Waals surface area (Å²) in [7, 11) is -3.90. The number of anilines is 2. The van der Waals surface area contributed by atoms with Crippen LogP contribution >= 0.6 is 0 Å². The summed E-state index contributed by atoms with van der Waals surface area (Å²) in [4.78, 5) is 23.3. The van der Waals surface area contributed by atoms with Gasteiger partial charge in [0.1, 0.15) is 5.75 Å². The molecule has 9 heteroatoms. The molecule has 0 aliphatic rings. The molecule has 0 saturated carbocycles. The molecule has 0 aliphatic heterocycles. The molecule has 2 aromatic carbocycles. The summed E-state index contributed by atoms with van der Waals surface area (Å²) in [6, 6.07) is 11.4. The zero-order chi connectivity index (χ0) is 20.7. The van der Waals surface area contributed by atoms with Gasteiger partial charge in [-0.05, 0) is 62.4 Å². The molecule has 8 nitrogen and oxygen atoms in total. The topological polar surface area (TPSA) is 114 Å². The average Bonchev–Trinajstić information content (AvgIpc) is 2.63. The minimum atomic E-state index is -3.90. The minimum Gasteiger partial charge on any atom is -0.494 e. The Labute approximate surface area is 164 Å². The number of hydrogen-bond donors (Lipinski definition) is 3. The maximum atomic E-state index is 12.5. The SMILES string of the molecule is CCOc1ccc(NC(=O)C(C)NS(=O)(=O)c2ccc(NC(C)=O)cc2)cc1. The Morgan fingerprint density at radius 3 is 2.04 bits per heavy atom. The normalized spacial score (nSPS) is 12.1. The maximum absolute atomic E-state index is 12.5. The van der Waals surface area contributed by atoms with Crippen molar-refractivity contribution in [1.82, 2.24) is 4.72 Å². The van der Waals surface area contributed by atoms with Gasteiger partial charge in [0, 0.05) is 18.3 Å². The van der Waals surface area contributed by atoms with Gasteiger partial charge in [0.25, 0.3) is 0 Å². The highest BCUT2D eigenvalue weighted by Crippen LogP contribution is 2.17. The van der Waals surface area contributed by atoms with Gasteiger partial charge < -0.3 is 15.4 Å². The zero-order valence-electron chi connectivity index (χ0n) is 15.9. The summed E-state index contributed by atoms with van der Waals surface area (Å²) in [5.41, 5.74) is 1.01.